The number of nitrogens with one attached hydrogen (secondary N) is 1. The van der Waals surface area contributed by atoms with Gasteiger partial charge >= 0.3 is 12.0 Å². The van der Waals surface area contributed by atoms with E-state index in [1.54, 1.807) is 11.9 Å². The molecule has 1 unspecified atom stereocenters. The van der Waals surface area contributed by atoms with E-state index in [4.69, 9.17) is 9.26 Å². The first-order valence-corrected chi connectivity index (χ1v) is 13.3. The Bertz CT molecular complexity index is 1460. The summed E-state index contributed by atoms with van der Waals surface area (Å²) in [6.45, 7) is 6.03. The van der Waals surface area contributed by atoms with Gasteiger partial charge in [-0.25, -0.2) is 4.79 Å². The minimum Gasteiger partial charge on any atom is -0.465 e. The molecule has 1 aromatic heterocycles. The first-order valence-electron chi connectivity index (χ1n) is 13.3. The molecule has 1 aliphatic rings. The molecule has 0 radical (unpaired) electrons. The molecule has 4 aromatic rings. The van der Waals surface area contributed by atoms with Crippen LogP contribution in [0.4, 0.5) is 10.5 Å². The molecule has 200 valence electrons. The molecule has 1 saturated carbocycles. The molecule has 39 heavy (non-hydrogen) atoms. The number of aromatic nitrogens is 1. The van der Waals surface area contributed by atoms with E-state index in [1.165, 1.54) is 0 Å². The van der Waals surface area contributed by atoms with Gasteiger partial charge in [0.2, 0.25) is 0 Å². The maximum Gasteiger partial charge on any atom is 0.322 e. The van der Waals surface area contributed by atoms with Crippen LogP contribution in [-0.2, 0) is 14.9 Å². The van der Waals surface area contributed by atoms with Gasteiger partial charge in [0.25, 0.3) is 0 Å². The van der Waals surface area contributed by atoms with E-state index in [2.05, 4.69) is 10.5 Å². The molecule has 1 aliphatic carbocycles. The van der Waals surface area contributed by atoms with Crippen LogP contribution in [0, 0.1) is 6.92 Å². The number of carbonyl (C=O) groups excluding carboxylic acids is 2. The summed E-state index contributed by atoms with van der Waals surface area (Å²) in [7, 11) is 1.77. The second-order valence-corrected chi connectivity index (χ2v) is 10.1. The zero-order valence-electron chi connectivity index (χ0n) is 22.7. The van der Waals surface area contributed by atoms with E-state index < -0.39 is 5.41 Å². The Labute approximate surface area is 228 Å². The largest absolute Gasteiger partial charge is 0.465 e. The van der Waals surface area contributed by atoms with Gasteiger partial charge in [0.05, 0.1) is 18.1 Å². The van der Waals surface area contributed by atoms with E-state index >= 15 is 0 Å². The van der Waals surface area contributed by atoms with Gasteiger partial charge in [0, 0.05) is 12.6 Å². The van der Waals surface area contributed by atoms with Crippen molar-refractivity contribution in [2.45, 2.75) is 45.1 Å². The molecule has 7 nitrogen and oxygen atoms in total. The second kappa shape index (κ2) is 10.8. The molecule has 0 saturated heterocycles. The number of amides is 2. The lowest BCUT2D eigenvalue weighted by Crippen LogP contribution is -2.33. The van der Waals surface area contributed by atoms with E-state index in [0.29, 0.717) is 23.7 Å². The number of aryl methyl sites for hydroxylation is 1. The summed E-state index contributed by atoms with van der Waals surface area (Å²) in [5.41, 5.74) is 5.63. The van der Waals surface area contributed by atoms with Gasteiger partial charge in [0.1, 0.15) is 11.4 Å². The summed E-state index contributed by atoms with van der Waals surface area (Å²) in [5, 5.41) is 7.10. The fraction of sp³-hybridized carbons (Fsp3) is 0.281. The monoisotopic (exact) mass is 523 g/mol. The second-order valence-electron chi connectivity index (χ2n) is 10.1. The Morgan fingerprint density at radius 3 is 2.15 bits per heavy atom. The van der Waals surface area contributed by atoms with Crippen molar-refractivity contribution in [3.63, 3.8) is 0 Å². The van der Waals surface area contributed by atoms with E-state index in [9.17, 15) is 9.59 Å². The van der Waals surface area contributed by atoms with E-state index in [1.807, 2.05) is 99.6 Å². The average molecular weight is 524 g/mol. The summed E-state index contributed by atoms with van der Waals surface area (Å²) in [4.78, 5) is 27.2. The van der Waals surface area contributed by atoms with Crippen molar-refractivity contribution in [3.05, 3.63) is 95.7 Å². The van der Waals surface area contributed by atoms with Crippen LogP contribution in [0.3, 0.4) is 0 Å². The van der Waals surface area contributed by atoms with Gasteiger partial charge in [-0.15, -0.1) is 0 Å². The third-order valence-corrected chi connectivity index (χ3v) is 7.61. The standard InChI is InChI=1S/C32H33N3O4/c1-5-38-30(36)32(19-20-32)27-17-15-25(16-18-27)24-11-13-26(14-12-24)29-28(21(2)34-39-29)33-31(37)35(4)22(3)23-9-7-6-8-10-23/h6-18,22H,5,19-20H2,1-4H3,(H,33,37). The van der Waals surface area contributed by atoms with Crippen LogP contribution in [0.2, 0.25) is 0 Å². The van der Waals surface area contributed by atoms with Gasteiger partial charge < -0.3 is 19.5 Å². The molecule has 1 fully saturated rings. The maximum absolute atomic E-state index is 13.1. The number of carbonyl (C=O) groups is 2. The molecule has 7 heteroatoms. The molecular formula is C32H33N3O4. The van der Waals surface area contributed by atoms with Crippen molar-refractivity contribution in [3.8, 4) is 22.5 Å². The Kier molecular flexibility index (Phi) is 7.24. The summed E-state index contributed by atoms with van der Waals surface area (Å²) in [6.07, 6.45) is 1.66. The van der Waals surface area contributed by atoms with E-state index in [0.717, 1.165) is 40.7 Å². The smallest absolute Gasteiger partial charge is 0.322 e. The van der Waals surface area contributed by atoms with Gasteiger partial charge in [-0.1, -0.05) is 84.0 Å². The average Bonchev–Trinajstić information content (AvgIpc) is 3.71. The van der Waals surface area contributed by atoms with Gasteiger partial charge in [-0.3, -0.25) is 4.79 Å². The van der Waals surface area contributed by atoms with Crippen LogP contribution in [-0.4, -0.2) is 35.7 Å². The molecule has 0 spiro atoms. The van der Waals surface area contributed by atoms with Crippen molar-refractivity contribution in [1.82, 2.24) is 10.1 Å². The van der Waals surface area contributed by atoms with Gasteiger partial charge in [0.15, 0.2) is 5.76 Å². The third-order valence-electron chi connectivity index (χ3n) is 7.61. The van der Waals surface area contributed by atoms with Crippen LogP contribution < -0.4 is 5.32 Å². The molecular weight excluding hydrogens is 490 g/mol. The van der Waals surface area contributed by atoms with Crippen molar-refractivity contribution < 1.29 is 18.8 Å². The summed E-state index contributed by atoms with van der Waals surface area (Å²) < 4.78 is 10.9. The third kappa shape index (κ3) is 5.17. The van der Waals surface area contributed by atoms with Crippen LogP contribution in [0.5, 0.6) is 0 Å². The Morgan fingerprint density at radius 2 is 1.56 bits per heavy atom. The molecule has 5 rings (SSSR count). The quantitative estimate of drug-likeness (QED) is 0.248. The lowest BCUT2D eigenvalue weighted by molar-refractivity contribution is -0.146. The van der Waals surface area contributed by atoms with Crippen molar-refractivity contribution in [2.75, 3.05) is 19.0 Å². The zero-order chi connectivity index (χ0) is 27.6. The van der Waals surface area contributed by atoms with Crippen LogP contribution in [0.25, 0.3) is 22.5 Å². The molecule has 2 amide bonds. The highest BCUT2D eigenvalue weighted by molar-refractivity contribution is 5.94. The summed E-state index contributed by atoms with van der Waals surface area (Å²) in [5.74, 6) is 0.377. The normalized spacial score (nSPS) is 14.4. The number of nitrogens with zero attached hydrogens (tertiary/aromatic N) is 2. The van der Waals surface area contributed by atoms with Crippen LogP contribution in [0.1, 0.15) is 49.6 Å². The molecule has 0 bridgehead atoms. The number of hydrogen-bond donors (Lipinski definition) is 1. The molecule has 1 N–H and O–H groups in total. The highest BCUT2D eigenvalue weighted by atomic mass is 16.5. The Balaban J connectivity index is 1.31. The Morgan fingerprint density at radius 1 is 0.974 bits per heavy atom. The van der Waals surface area contributed by atoms with Crippen LogP contribution in [0.15, 0.2) is 83.4 Å². The predicted molar refractivity (Wildman–Crippen MR) is 151 cm³/mol. The van der Waals surface area contributed by atoms with Crippen molar-refractivity contribution >= 4 is 17.7 Å². The molecule has 3 aromatic carbocycles. The molecule has 0 aliphatic heterocycles. The summed E-state index contributed by atoms with van der Waals surface area (Å²) >= 11 is 0. The minimum absolute atomic E-state index is 0.104. The number of anilines is 1. The van der Waals surface area contributed by atoms with Crippen molar-refractivity contribution in [2.24, 2.45) is 0 Å². The number of benzene rings is 3. The lowest BCUT2D eigenvalue weighted by Gasteiger charge is -2.25. The van der Waals surface area contributed by atoms with Crippen LogP contribution >= 0.6 is 0 Å². The van der Waals surface area contributed by atoms with Gasteiger partial charge in [-0.05, 0) is 55.9 Å². The maximum atomic E-state index is 13.1. The zero-order valence-corrected chi connectivity index (χ0v) is 22.7. The topological polar surface area (TPSA) is 84.7 Å². The summed E-state index contributed by atoms with van der Waals surface area (Å²) in [6, 6.07) is 25.6. The van der Waals surface area contributed by atoms with Gasteiger partial charge in [-0.2, -0.15) is 0 Å². The first kappa shape index (κ1) is 26.2. The van der Waals surface area contributed by atoms with E-state index in [-0.39, 0.29) is 18.0 Å². The minimum atomic E-state index is -0.476. The fourth-order valence-corrected chi connectivity index (χ4v) is 4.84. The SMILES string of the molecule is CCOC(=O)C1(c2ccc(-c3ccc(-c4onc(C)c4NC(=O)N(C)C(C)c4ccccc4)cc3)cc2)CC1. The fourth-order valence-electron chi connectivity index (χ4n) is 4.84. The number of rotatable bonds is 8. The van der Waals surface area contributed by atoms with Crippen molar-refractivity contribution in [1.29, 1.82) is 0 Å². The lowest BCUT2D eigenvalue weighted by atomic mass is 9.93. The number of ether oxygens (including phenoxy) is 1. The Hall–Kier alpha value is -4.39. The number of esters is 1. The highest BCUT2D eigenvalue weighted by Gasteiger charge is 2.52. The number of urea groups is 1. The number of hydrogen-bond acceptors (Lipinski definition) is 5. The highest BCUT2D eigenvalue weighted by Crippen LogP contribution is 2.49. The predicted octanol–water partition coefficient (Wildman–Crippen LogP) is 7.14. The first-order chi connectivity index (χ1) is 18.8. The molecule has 1 atom stereocenters. The molecule has 1 heterocycles.